The molecule has 7 nitrogen and oxygen atoms in total. The maximum atomic E-state index is 12.3. The van der Waals surface area contributed by atoms with Gasteiger partial charge in [0, 0.05) is 35.8 Å². The number of nitrogens with zero attached hydrogens (tertiary/aromatic N) is 1. The summed E-state index contributed by atoms with van der Waals surface area (Å²) in [6.45, 7) is 3.66. The summed E-state index contributed by atoms with van der Waals surface area (Å²) in [5.74, 6) is -1.11. The van der Waals surface area contributed by atoms with Gasteiger partial charge in [0.1, 0.15) is 5.75 Å². The zero-order chi connectivity index (χ0) is 22.1. The molecule has 1 fully saturated rings. The SMILES string of the molecule is CCc1c(-c2ccc3c(c2)cc(CNCC2CCCC2)n3C)[nH]c(=O)c(C(=O)O)c1O. The van der Waals surface area contributed by atoms with E-state index in [2.05, 4.69) is 20.9 Å². The number of carboxylic acid groups (broad SMARTS) is 1. The first-order valence-corrected chi connectivity index (χ1v) is 10.9. The average molecular weight is 424 g/mol. The number of nitrogens with one attached hydrogen (secondary N) is 2. The van der Waals surface area contributed by atoms with E-state index < -0.39 is 22.8 Å². The van der Waals surface area contributed by atoms with Crippen molar-refractivity contribution in [1.82, 2.24) is 14.9 Å². The number of carboxylic acids is 1. The number of aromatic carboxylic acids is 1. The minimum atomic E-state index is -1.44. The van der Waals surface area contributed by atoms with E-state index >= 15 is 0 Å². The summed E-state index contributed by atoms with van der Waals surface area (Å²) in [6.07, 6.45) is 5.71. The van der Waals surface area contributed by atoms with Crippen molar-refractivity contribution < 1.29 is 15.0 Å². The van der Waals surface area contributed by atoms with E-state index in [4.69, 9.17) is 0 Å². The molecular weight excluding hydrogens is 394 g/mol. The van der Waals surface area contributed by atoms with Crippen LogP contribution in [-0.2, 0) is 20.0 Å². The molecule has 164 valence electrons. The average Bonchev–Trinajstić information content (AvgIpc) is 3.35. The van der Waals surface area contributed by atoms with Crippen molar-refractivity contribution in [2.24, 2.45) is 13.0 Å². The highest BCUT2D eigenvalue weighted by Gasteiger charge is 2.22. The first-order valence-electron chi connectivity index (χ1n) is 10.9. The Morgan fingerprint density at radius 1 is 1.26 bits per heavy atom. The smallest absolute Gasteiger partial charge is 0.345 e. The molecule has 4 N–H and O–H groups in total. The Morgan fingerprint density at radius 2 is 2.00 bits per heavy atom. The molecule has 1 aromatic carbocycles. The highest BCUT2D eigenvalue weighted by Crippen LogP contribution is 2.32. The molecule has 0 spiro atoms. The molecule has 2 heterocycles. The highest BCUT2D eigenvalue weighted by molar-refractivity contribution is 5.92. The molecule has 0 atom stereocenters. The number of aromatic hydroxyl groups is 1. The first kappa shape index (κ1) is 21.2. The molecule has 0 saturated heterocycles. The number of hydrogen-bond donors (Lipinski definition) is 4. The maximum absolute atomic E-state index is 12.3. The number of carbonyl (C=O) groups is 1. The molecule has 0 amide bonds. The number of aromatic amines is 1. The second kappa shape index (κ2) is 8.59. The van der Waals surface area contributed by atoms with Crippen LogP contribution in [0, 0.1) is 5.92 Å². The maximum Gasteiger partial charge on any atom is 0.345 e. The quantitative estimate of drug-likeness (QED) is 0.463. The third-order valence-corrected chi connectivity index (χ3v) is 6.50. The molecular formula is C24H29N3O4. The molecule has 0 radical (unpaired) electrons. The van der Waals surface area contributed by atoms with Gasteiger partial charge in [0.25, 0.3) is 5.56 Å². The molecule has 0 bridgehead atoms. The Labute approximate surface area is 180 Å². The topological polar surface area (TPSA) is 107 Å². The van der Waals surface area contributed by atoms with Gasteiger partial charge < -0.3 is 25.1 Å². The Kier molecular flexibility index (Phi) is 5.87. The highest BCUT2D eigenvalue weighted by atomic mass is 16.4. The van der Waals surface area contributed by atoms with Gasteiger partial charge in [-0.05, 0) is 55.5 Å². The molecule has 1 saturated carbocycles. The molecule has 7 heteroatoms. The van der Waals surface area contributed by atoms with Crippen LogP contribution in [0.1, 0.15) is 54.2 Å². The van der Waals surface area contributed by atoms with Crippen molar-refractivity contribution in [2.75, 3.05) is 6.54 Å². The van der Waals surface area contributed by atoms with E-state index in [9.17, 15) is 19.8 Å². The zero-order valence-corrected chi connectivity index (χ0v) is 18.0. The Bertz CT molecular complexity index is 1190. The summed E-state index contributed by atoms with van der Waals surface area (Å²) in [6, 6.07) is 7.99. The van der Waals surface area contributed by atoms with Gasteiger partial charge in [-0.2, -0.15) is 0 Å². The summed E-state index contributed by atoms with van der Waals surface area (Å²) in [5, 5.41) is 24.3. The predicted octanol–water partition coefficient (Wildman–Crippen LogP) is 3.78. The number of rotatable bonds is 7. The van der Waals surface area contributed by atoms with Crippen LogP contribution < -0.4 is 10.9 Å². The summed E-state index contributed by atoms with van der Waals surface area (Å²) in [4.78, 5) is 26.3. The number of hydrogen-bond acceptors (Lipinski definition) is 4. The van der Waals surface area contributed by atoms with Crippen LogP contribution in [0.25, 0.3) is 22.2 Å². The zero-order valence-electron chi connectivity index (χ0n) is 18.0. The Balaban J connectivity index is 1.66. The summed E-state index contributed by atoms with van der Waals surface area (Å²) < 4.78 is 2.16. The second-order valence-corrected chi connectivity index (χ2v) is 8.44. The summed E-state index contributed by atoms with van der Waals surface area (Å²) >= 11 is 0. The first-order chi connectivity index (χ1) is 14.9. The van der Waals surface area contributed by atoms with Crippen molar-refractivity contribution in [3.63, 3.8) is 0 Å². The predicted molar refractivity (Wildman–Crippen MR) is 121 cm³/mol. The van der Waals surface area contributed by atoms with Crippen LogP contribution in [0.2, 0.25) is 0 Å². The van der Waals surface area contributed by atoms with Gasteiger partial charge in [0.15, 0.2) is 5.56 Å². The van der Waals surface area contributed by atoms with E-state index in [1.165, 1.54) is 31.4 Å². The number of benzene rings is 1. The van der Waals surface area contributed by atoms with Gasteiger partial charge in [0.2, 0.25) is 0 Å². The summed E-state index contributed by atoms with van der Waals surface area (Å²) in [5.41, 5.74) is 2.46. The number of pyridine rings is 1. The summed E-state index contributed by atoms with van der Waals surface area (Å²) in [7, 11) is 2.04. The molecule has 0 aliphatic heterocycles. The monoisotopic (exact) mass is 423 g/mol. The lowest BCUT2D eigenvalue weighted by Gasteiger charge is -2.12. The van der Waals surface area contributed by atoms with Crippen LogP contribution in [-0.4, -0.2) is 32.3 Å². The number of aryl methyl sites for hydroxylation is 1. The molecule has 1 aliphatic rings. The Morgan fingerprint density at radius 3 is 2.68 bits per heavy atom. The van der Waals surface area contributed by atoms with Gasteiger partial charge in [0.05, 0.1) is 5.69 Å². The van der Waals surface area contributed by atoms with Crippen LogP contribution in [0.3, 0.4) is 0 Å². The minimum Gasteiger partial charge on any atom is -0.506 e. The van der Waals surface area contributed by atoms with Crippen molar-refractivity contribution >= 4 is 16.9 Å². The third kappa shape index (κ3) is 3.97. The standard InChI is InChI=1S/C24H29N3O4/c1-3-18-21(26-23(29)20(22(18)28)24(30)31)15-8-9-19-16(10-15)11-17(27(19)2)13-25-12-14-6-4-5-7-14/h8-11,14,25H,3-7,12-13H2,1-2H3,(H,30,31)(H2,26,28,29). The van der Waals surface area contributed by atoms with Crippen molar-refractivity contribution in [3.8, 4) is 17.0 Å². The van der Waals surface area contributed by atoms with Crippen LogP contribution in [0.4, 0.5) is 0 Å². The minimum absolute atomic E-state index is 0.390. The third-order valence-electron chi connectivity index (χ3n) is 6.50. The van der Waals surface area contributed by atoms with Gasteiger partial charge >= 0.3 is 5.97 Å². The van der Waals surface area contributed by atoms with E-state index in [0.29, 0.717) is 17.7 Å². The molecule has 1 aliphatic carbocycles. The molecule has 0 unspecified atom stereocenters. The fourth-order valence-corrected chi connectivity index (χ4v) is 4.77. The van der Waals surface area contributed by atoms with Crippen LogP contribution in [0.5, 0.6) is 5.75 Å². The lowest BCUT2D eigenvalue weighted by atomic mass is 9.99. The lowest BCUT2D eigenvalue weighted by Crippen LogP contribution is -2.21. The number of aromatic nitrogens is 2. The molecule has 31 heavy (non-hydrogen) atoms. The fraction of sp³-hybridized carbons (Fsp3) is 0.417. The van der Waals surface area contributed by atoms with E-state index in [0.717, 1.165) is 35.5 Å². The van der Waals surface area contributed by atoms with Gasteiger partial charge in [-0.25, -0.2) is 4.79 Å². The number of fused-ring (bicyclic) bond motifs is 1. The molecule has 3 aromatic rings. The van der Waals surface area contributed by atoms with E-state index in [-0.39, 0.29) is 0 Å². The van der Waals surface area contributed by atoms with Gasteiger partial charge in [-0.15, -0.1) is 0 Å². The Hall–Kier alpha value is -3.06. The van der Waals surface area contributed by atoms with E-state index in [1.807, 2.05) is 32.2 Å². The van der Waals surface area contributed by atoms with Gasteiger partial charge in [-0.3, -0.25) is 4.79 Å². The number of H-pyrrole nitrogens is 1. The largest absolute Gasteiger partial charge is 0.506 e. The molecule has 4 rings (SSSR count). The second-order valence-electron chi connectivity index (χ2n) is 8.44. The van der Waals surface area contributed by atoms with Crippen molar-refractivity contribution in [3.05, 3.63) is 51.4 Å². The van der Waals surface area contributed by atoms with Crippen LogP contribution in [0.15, 0.2) is 29.1 Å². The lowest BCUT2D eigenvalue weighted by molar-refractivity contribution is 0.0691. The molecule has 2 aromatic heterocycles. The van der Waals surface area contributed by atoms with Crippen molar-refractivity contribution in [1.29, 1.82) is 0 Å². The van der Waals surface area contributed by atoms with Crippen molar-refractivity contribution in [2.45, 2.75) is 45.6 Å². The van der Waals surface area contributed by atoms with Crippen LogP contribution >= 0.6 is 0 Å². The normalized spacial score (nSPS) is 14.5. The fourth-order valence-electron chi connectivity index (χ4n) is 4.77. The van der Waals surface area contributed by atoms with Gasteiger partial charge in [-0.1, -0.05) is 25.8 Å². The van der Waals surface area contributed by atoms with E-state index in [1.54, 1.807) is 0 Å².